The molecule has 0 aromatic rings. The van der Waals surface area contributed by atoms with E-state index < -0.39 is 0 Å². The van der Waals surface area contributed by atoms with Crippen LogP contribution >= 0.6 is 0 Å². The summed E-state index contributed by atoms with van der Waals surface area (Å²) in [5.41, 5.74) is 0. The van der Waals surface area contributed by atoms with Crippen LogP contribution in [0.25, 0.3) is 0 Å². The number of rotatable bonds is 0. The highest BCUT2D eigenvalue weighted by atomic mass is 16.6. The van der Waals surface area contributed by atoms with Crippen molar-refractivity contribution in [2.75, 3.05) is 13.2 Å². The molecule has 2 fully saturated rings. The van der Waals surface area contributed by atoms with E-state index >= 15 is 0 Å². The van der Waals surface area contributed by atoms with E-state index in [1.807, 2.05) is 0 Å². The van der Waals surface area contributed by atoms with Crippen LogP contribution in [0, 0.1) is 5.92 Å². The number of hydrogen-bond donors (Lipinski definition) is 0. The molecule has 2 heteroatoms. The van der Waals surface area contributed by atoms with Crippen molar-refractivity contribution in [1.29, 1.82) is 0 Å². The van der Waals surface area contributed by atoms with Crippen molar-refractivity contribution in [3.63, 3.8) is 0 Å². The highest BCUT2D eigenvalue weighted by Gasteiger charge is 2.36. The Morgan fingerprint density at radius 1 is 1.10 bits per heavy atom. The molecule has 0 spiro atoms. The smallest absolute Gasteiger partial charge is 0.0863 e. The van der Waals surface area contributed by atoms with E-state index in [9.17, 15) is 0 Å². The second-order valence-electron chi connectivity index (χ2n) is 3.30. The molecule has 0 aromatic carbocycles. The SMILES string of the molecule is C[C@@H]1CC[C@H]2OCCO[C@@H]12. The minimum Gasteiger partial charge on any atom is -0.373 e. The van der Waals surface area contributed by atoms with Crippen molar-refractivity contribution in [3.8, 4) is 0 Å². The van der Waals surface area contributed by atoms with E-state index in [0.29, 0.717) is 18.1 Å². The lowest BCUT2D eigenvalue weighted by Crippen LogP contribution is -2.36. The van der Waals surface area contributed by atoms with Gasteiger partial charge in [-0.2, -0.15) is 0 Å². The van der Waals surface area contributed by atoms with Gasteiger partial charge in [-0.3, -0.25) is 0 Å². The van der Waals surface area contributed by atoms with Gasteiger partial charge in [0.1, 0.15) is 0 Å². The zero-order valence-corrected chi connectivity index (χ0v) is 6.38. The summed E-state index contributed by atoms with van der Waals surface area (Å²) in [5.74, 6) is 0.713. The third-order valence-electron chi connectivity index (χ3n) is 2.56. The van der Waals surface area contributed by atoms with Gasteiger partial charge in [0.15, 0.2) is 0 Å². The van der Waals surface area contributed by atoms with E-state index in [2.05, 4.69) is 6.92 Å². The summed E-state index contributed by atoms with van der Waals surface area (Å²) in [7, 11) is 0. The predicted molar refractivity (Wildman–Crippen MR) is 37.9 cm³/mol. The molecule has 58 valence electrons. The zero-order valence-electron chi connectivity index (χ0n) is 6.38. The molecule has 2 aliphatic rings. The molecule has 1 aliphatic heterocycles. The molecule has 1 heterocycles. The Morgan fingerprint density at radius 3 is 2.70 bits per heavy atom. The van der Waals surface area contributed by atoms with Gasteiger partial charge in [-0.1, -0.05) is 6.92 Å². The summed E-state index contributed by atoms with van der Waals surface area (Å²) in [6, 6.07) is 0. The molecular weight excluding hydrogens is 128 g/mol. The minimum atomic E-state index is 0.411. The van der Waals surface area contributed by atoms with E-state index in [-0.39, 0.29) is 0 Å². The predicted octanol–water partition coefficient (Wildman–Crippen LogP) is 1.20. The molecule has 1 saturated heterocycles. The van der Waals surface area contributed by atoms with Gasteiger partial charge in [0.25, 0.3) is 0 Å². The first-order chi connectivity index (χ1) is 4.88. The average molecular weight is 142 g/mol. The van der Waals surface area contributed by atoms with Gasteiger partial charge in [-0.05, 0) is 18.8 Å². The van der Waals surface area contributed by atoms with Crippen molar-refractivity contribution in [2.45, 2.75) is 32.0 Å². The van der Waals surface area contributed by atoms with Crippen LogP contribution in [0.2, 0.25) is 0 Å². The number of ether oxygens (including phenoxy) is 2. The lowest BCUT2D eigenvalue weighted by molar-refractivity contribution is -0.135. The Morgan fingerprint density at radius 2 is 1.90 bits per heavy atom. The molecule has 0 bridgehead atoms. The molecule has 3 atom stereocenters. The molecule has 0 amide bonds. The molecule has 10 heavy (non-hydrogen) atoms. The average Bonchev–Trinajstić information content (AvgIpc) is 2.34. The highest BCUT2D eigenvalue weighted by molar-refractivity contribution is 4.86. The summed E-state index contributed by atoms with van der Waals surface area (Å²) in [5, 5.41) is 0. The Labute approximate surface area is 61.5 Å². The summed E-state index contributed by atoms with van der Waals surface area (Å²) in [6.45, 7) is 3.85. The summed E-state index contributed by atoms with van der Waals surface area (Å²) < 4.78 is 11.1. The monoisotopic (exact) mass is 142 g/mol. The maximum Gasteiger partial charge on any atom is 0.0863 e. The van der Waals surface area contributed by atoms with Crippen molar-refractivity contribution >= 4 is 0 Å². The Kier molecular flexibility index (Phi) is 1.66. The van der Waals surface area contributed by atoms with Gasteiger partial charge in [-0.15, -0.1) is 0 Å². The largest absolute Gasteiger partial charge is 0.373 e. The van der Waals surface area contributed by atoms with Crippen molar-refractivity contribution in [3.05, 3.63) is 0 Å². The molecule has 0 radical (unpaired) electrons. The first-order valence-corrected chi connectivity index (χ1v) is 4.11. The molecule has 0 unspecified atom stereocenters. The maximum absolute atomic E-state index is 5.59. The first kappa shape index (κ1) is 6.62. The van der Waals surface area contributed by atoms with Crippen LogP contribution in [0.15, 0.2) is 0 Å². The molecular formula is C8H14O2. The Bertz CT molecular complexity index is 122. The maximum atomic E-state index is 5.59. The second kappa shape index (κ2) is 2.51. The van der Waals surface area contributed by atoms with E-state index in [4.69, 9.17) is 9.47 Å². The molecule has 0 aromatic heterocycles. The van der Waals surface area contributed by atoms with Gasteiger partial charge < -0.3 is 9.47 Å². The van der Waals surface area contributed by atoms with Crippen LogP contribution in [0.4, 0.5) is 0 Å². The molecule has 1 aliphatic carbocycles. The second-order valence-corrected chi connectivity index (χ2v) is 3.30. The summed E-state index contributed by atoms with van der Waals surface area (Å²) >= 11 is 0. The van der Waals surface area contributed by atoms with Gasteiger partial charge in [0.05, 0.1) is 25.4 Å². The normalized spacial score (nSPS) is 47.1. The van der Waals surface area contributed by atoms with Gasteiger partial charge in [0.2, 0.25) is 0 Å². The van der Waals surface area contributed by atoms with Crippen molar-refractivity contribution in [1.82, 2.24) is 0 Å². The lowest BCUT2D eigenvalue weighted by atomic mass is 10.1. The quantitative estimate of drug-likeness (QED) is 0.506. The van der Waals surface area contributed by atoms with E-state index in [1.165, 1.54) is 12.8 Å². The van der Waals surface area contributed by atoms with E-state index in [1.54, 1.807) is 0 Å². The van der Waals surface area contributed by atoms with Crippen molar-refractivity contribution in [2.24, 2.45) is 5.92 Å². The zero-order chi connectivity index (χ0) is 6.97. The van der Waals surface area contributed by atoms with Gasteiger partial charge in [-0.25, -0.2) is 0 Å². The molecule has 2 nitrogen and oxygen atoms in total. The lowest BCUT2D eigenvalue weighted by Gasteiger charge is -2.28. The van der Waals surface area contributed by atoms with Crippen LogP contribution in [-0.2, 0) is 9.47 Å². The molecule has 2 rings (SSSR count). The van der Waals surface area contributed by atoms with Crippen LogP contribution < -0.4 is 0 Å². The van der Waals surface area contributed by atoms with Gasteiger partial charge in [0, 0.05) is 0 Å². The topological polar surface area (TPSA) is 18.5 Å². The standard InChI is InChI=1S/C8H14O2/c1-6-2-3-7-8(6)10-5-4-9-7/h6-8H,2-5H2,1H3/t6-,7-,8+/m1/s1. The van der Waals surface area contributed by atoms with Crippen LogP contribution in [0.1, 0.15) is 19.8 Å². The van der Waals surface area contributed by atoms with Crippen LogP contribution in [0.3, 0.4) is 0 Å². The highest BCUT2D eigenvalue weighted by Crippen LogP contribution is 2.32. The van der Waals surface area contributed by atoms with Crippen LogP contribution in [0.5, 0.6) is 0 Å². The fourth-order valence-corrected chi connectivity index (χ4v) is 1.96. The fourth-order valence-electron chi connectivity index (χ4n) is 1.96. The minimum absolute atomic E-state index is 0.411. The first-order valence-electron chi connectivity index (χ1n) is 4.11. The third kappa shape index (κ3) is 0.956. The van der Waals surface area contributed by atoms with Gasteiger partial charge >= 0.3 is 0 Å². The number of hydrogen-bond acceptors (Lipinski definition) is 2. The fraction of sp³-hybridized carbons (Fsp3) is 1.00. The molecule has 1 saturated carbocycles. The number of fused-ring (bicyclic) bond motifs is 1. The Hall–Kier alpha value is -0.0800. The van der Waals surface area contributed by atoms with Crippen LogP contribution in [-0.4, -0.2) is 25.4 Å². The summed E-state index contributed by atoms with van der Waals surface area (Å²) in [4.78, 5) is 0. The van der Waals surface area contributed by atoms with Crippen molar-refractivity contribution < 1.29 is 9.47 Å². The Balaban J connectivity index is 2.01. The molecule has 0 N–H and O–H groups in total. The summed E-state index contributed by atoms with van der Waals surface area (Å²) in [6.07, 6.45) is 3.30. The van der Waals surface area contributed by atoms with E-state index in [0.717, 1.165) is 13.2 Å². The third-order valence-corrected chi connectivity index (χ3v) is 2.56.